The van der Waals surface area contributed by atoms with Crippen LogP contribution < -0.4 is 10.2 Å². The molecule has 0 saturated carbocycles. The van der Waals surface area contributed by atoms with Crippen LogP contribution in [0.3, 0.4) is 0 Å². The van der Waals surface area contributed by atoms with Gasteiger partial charge in [-0.3, -0.25) is 4.68 Å². The summed E-state index contributed by atoms with van der Waals surface area (Å²) in [5.74, 6) is 0.222. The first-order chi connectivity index (χ1) is 14.1. The molecule has 3 aromatic heterocycles. The Morgan fingerprint density at radius 3 is 2.62 bits per heavy atom. The van der Waals surface area contributed by atoms with Gasteiger partial charge in [0.05, 0.1) is 11.8 Å². The van der Waals surface area contributed by atoms with E-state index < -0.39 is 0 Å². The van der Waals surface area contributed by atoms with Gasteiger partial charge in [0.25, 0.3) is 0 Å². The number of thiazole rings is 2. The molecule has 4 aromatic rings. The van der Waals surface area contributed by atoms with Crippen molar-refractivity contribution in [1.29, 1.82) is 0 Å². The number of hydrogen-bond acceptors (Lipinski definition) is 8. The Kier molecular flexibility index (Phi) is 4.73. The van der Waals surface area contributed by atoms with E-state index in [9.17, 15) is 5.11 Å². The third-order valence-electron chi connectivity index (χ3n) is 5.39. The van der Waals surface area contributed by atoms with Crippen LogP contribution in [0.4, 0.5) is 5.13 Å². The number of aryl methyl sites for hydroxylation is 1. The Hall–Kier alpha value is -2.49. The third kappa shape index (κ3) is 3.50. The molecular weight excluding hydrogens is 404 g/mol. The summed E-state index contributed by atoms with van der Waals surface area (Å²) in [6.07, 6.45) is 6.00. The molecule has 0 spiro atoms. The number of fused-ring (bicyclic) bond motifs is 1. The molecule has 0 atom stereocenters. The van der Waals surface area contributed by atoms with Crippen LogP contribution in [0.15, 0.2) is 30.6 Å². The molecule has 4 heterocycles. The minimum absolute atomic E-state index is 0.222. The van der Waals surface area contributed by atoms with E-state index in [-0.39, 0.29) is 5.75 Å². The standard InChI is InChI=1S/C20H22N6OS2/c1-25-11-13(10-22-25)12-3-4-15(16(27)9-12)17-23-18-19(28-17)24-20(29-18)26(2)14-5-7-21-8-6-14/h3-4,9-11,14,21,27H,5-8H2,1-2H3. The van der Waals surface area contributed by atoms with Crippen molar-refractivity contribution in [2.45, 2.75) is 18.9 Å². The van der Waals surface area contributed by atoms with Crippen LogP contribution in [0, 0.1) is 0 Å². The molecule has 0 unspecified atom stereocenters. The number of hydrogen-bond donors (Lipinski definition) is 2. The number of benzene rings is 1. The molecule has 1 aliphatic rings. The first-order valence-corrected chi connectivity index (χ1v) is 11.2. The molecule has 0 amide bonds. The van der Waals surface area contributed by atoms with E-state index in [0.29, 0.717) is 6.04 Å². The fraction of sp³-hybridized carbons (Fsp3) is 0.350. The van der Waals surface area contributed by atoms with Gasteiger partial charge >= 0.3 is 0 Å². The highest BCUT2D eigenvalue weighted by Crippen LogP contribution is 2.40. The SMILES string of the molecule is CN(c1nc2sc(-c3ccc(-c4cnn(C)c4)cc3O)nc2s1)C1CCNCC1. The molecular formula is C20H22N6OS2. The van der Waals surface area contributed by atoms with Gasteiger partial charge in [0.15, 0.2) is 14.8 Å². The van der Waals surface area contributed by atoms with Gasteiger partial charge in [-0.15, -0.1) is 0 Å². The summed E-state index contributed by atoms with van der Waals surface area (Å²) in [6, 6.07) is 6.21. The topological polar surface area (TPSA) is 79.1 Å². The fourth-order valence-corrected chi connectivity index (χ4v) is 5.82. The van der Waals surface area contributed by atoms with Crippen LogP contribution in [0.1, 0.15) is 12.8 Å². The number of anilines is 1. The largest absolute Gasteiger partial charge is 0.507 e. The average Bonchev–Trinajstić information content (AvgIpc) is 3.42. The average molecular weight is 427 g/mol. The quantitative estimate of drug-likeness (QED) is 0.518. The van der Waals surface area contributed by atoms with Gasteiger partial charge in [-0.2, -0.15) is 5.10 Å². The Balaban J connectivity index is 1.41. The number of aromatic nitrogens is 4. The first-order valence-electron chi connectivity index (χ1n) is 9.62. The lowest BCUT2D eigenvalue weighted by molar-refractivity contribution is 0.443. The lowest BCUT2D eigenvalue weighted by atomic mass is 10.1. The van der Waals surface area contributed by atoms with Gasteiger partial charge in [-0.25, -0.2) is 9.97 Å². The summed E-state index contributed by atoms with van der Waals surface area (Å²) < 4.78 is 1.75. The number of nitrogens with one attached hydrogen (secondary N) is 1. The Bertz CT molecular complexity index is 1130. The van der Waals surface area contributed by atoms with E-state index in [4.69, 9.17) is 9.97 Å². The van der Waals surface area contributed by atoms with E-state index >= 15 is 0 Å². The van der Waals surface area contributed by atoms with Crippen molar-refractivity contribution in [2.75, 3.05) is 25.0 Å². The lowest BCUT2D eigenvalue weighted by Gasteiger charge is -2.31. The predicted octanol–water partition coefficient (Wildman–Crippen LogP) is 3.71. The summed E-state index contributed by atoms with van der Waals surface area (Å²) in [5.41, 5.74) is 2.64. The van der Waals surface area contributed by atoms with Crippen molar-refractivity contribution in [1.82, 2.24) is 25.1 Å². The van der Waals surface area contributed by atoms with Gasteiger partial charge < -0.3 is 15.3 Å². The highest BCUT2D eigenvalue weighted by atomic mass is 32.1. The number of aromatic hydroxyl groups is 1. The van der Waals surface area contributed by atoms with Gasteiger partial charge in [-0.05, 0) is 43.6 Å². The number of rotatable bonds is 4. The van der Waals surface area contributed by atoms with Crippen molar-refractivity contribution in [3.63, 3.8) is 0 Å². The second-order valence-corrected chi connectivity index (χ2v) is 9.29. The molecule has 1 saturated heterocycles. The van der Waals surface area contributed by atoms with Gasteiger partial charge in [0, 0.05) is 31.9 Å². The molecule has 0 aliphatic carbocycles. The van der Waals surface area contributed by atoms with Gasteiger partial charge in [0.1, 0.15) is 10.8 Å². The van der Waals surface area contributed by atoms with Crippen molar-refractivity contribution >= 4 is 37.5 Å². The zero-order chi connectivity index (χ0) is 20.0. The van der Waals surface area contributed by atoms with E-state index in [1.807, 2.05) is 25.4 Å². The maximum Gasteiger partial charge on any atom is 0.188 e. The highest BCUT2D eigenvalue weighted by molar-refractivity contribution is 7.29. The molecule has 0 bridgehead atoms. The summed E-state index contributed by atoms with van der Waals surface area (Å²) in [6.45, 7) is 2.12. The minimum Gasteiger partial charge on any atom is -0.507 e. The van der Waals surface area contributed by atoms with Crippen molar-refractivity contribution < 1.29 is 5.11 Å². The number of nitrogens with zero attached hydrogens (tertiary/aromatic N) is 5. The molecule has 9 heteroatoms. The third-order valence-corrected chi connectivity index (χ3v) is 7.54. The van der Waals surface area contributed by atoms with Crippen LogP contribution >= 0.6 is 22.7 Å². The summed E-state index contributed by atoms with van der Waals surface area (Å²) in [7, 11) is 4.01. The van der Waals surface area contributed by atoms with Crippen LogP contribution in [0.5, 0.6) is 5.75 Å². The smallest absolute Gasteiger partial charge is 0.188 e. The highest BCUT2D eigenvalue weighted by Gasteiger charge is 2.22. The zero-order valence-corrected chi connectivity index (χ0v) is 17.9. The Morgan fingerprint density at radius 2 is 1.93 bits per heavy atom. The van der Waals surface area contributed by atoms with Crippen LogP contribution in [0.25, 0.3) is 31.4 Å². The Labute approximate surface area is 176 Å². The second kappa shape index (κ2) is 7.40. The monoisotopic (exact) mass is 426 g/mol. The van der Waals surface area contributed by atoms with Crippen molar-refractivity contribution in [2.24, 2.45) is 7.05 Å². The van der Waals surface area contributed by atoms with Crippen molar-refractivity contribution in [3.05, 3.63) is 30.6 Å². The van der Waals surface area contributed by atoms with Crippen LogP contribution in [0.2, 0.25) is 0 Å². The first kappa shape index (κ1) is 18.5. The maximum absolute atomic E-state index is 10.6. The second-order valence-electron chi connectivity index (χ2n) is 7.35. The zero-order valence-electron chi connectivity index (χ0n) is 16.3. The molecule has 5 rings (SSSR count). The number of piperidine rings is 1. The van der Waals surface area contributed by atoms with Gasteiger partial charge in [-0.1, -0.05) is 28.7 Å². The van der Waals surface area contributed by atoms with E-state index in [2.05, 4.69) is 22.4 Å². The predicted molar refractivity (Wildman–Crippen MR) is 119 cm³/mol. The van der Waals surface area contributed by atoms with Gasteiger partial charge in [0.2, 0.25) is 0 Å². The van der Waals surface area contributed by atoms with Crippen molar-refractivity contribution in [3.8, 4) is 27.4 Å². The van der Waals surface area contributed by atoms with E-state index in [0.717, 1.165) is 62.4 Å². The number of phenolic OH excluding ortho intramolecular Hbond substituents is 1. The maximum atomic E-state index is 10.6. The van der Waals surface area contributed by atoms with E-state index in [1.54, 1.807) is 28.3 Å². The van der Waals surface area contributed by atoms with Crippen LogP contribution in [-0.4, -0.2) is 51.0 Å². The summed E-state index contributed by atoms with van der Waals surface area (Å²) in [4.78, 5) is 13.7. The summed E-state index contributed by atoms with van der Waals surface area (Å²) >= 11 is 3.15. The van der Waals surface area contributed by atoms with Crippen LogP contribution in [-0.2, 0) is 7.05 Å². The molecule has 29 heavy (non-hydrogen) atoms. The molecule has 0 radical (unpaired) electrons. The lowest BCUT2D eigenvalue weighted by Crippen LogP contribution is -2.41. The molecule has 1 aromatic carbocycles. The molecule has 1 aliphatic heterocycles. The molecule has 1 fully saturated rings. The van der Waals surface area contributed by atoms with E-state index in [1.165, 1.54) is 11.3 Å². The molecule has 7 nitrogen and oxygen atoms in total. The minimum atomic E-state index is 0.222. The normalized spacial score (nSPS) is 15.2. The molecule has 150 valence electrons. The summed E-state index contributed by atoms with van der Waals surface area (Å²) in [5, 5.41) is 20.0. The fourth-order valence-electron chi connectivity index (χ4n) is 3.71. The number of phenols is 1. The Morgan fingerprint density at radius 1 is 1.14 bits per heavy atom. The molecule has 2 N–H and O–H groups in total.